The summed E-state index contributed by atoms with van der Waals surface area (Å²) in [5, 5.41) is 24.6. The summed E-state index contributed by atoms with van der Waals surface area (Å²) in [6.45, 7) is 9.10. The number of hydrogen-bond acceptors (Lipinski definition) is 16. The highest BCUT2D eigenvalue weighted by Gasteiger charge is 2.36. The first-order valence-electron chi connectivity index (χ1n) is 19.3. The van der Waals surface area contributed by atoms with E-state index in [1.54, 1.807) is 43.6 Å². The second-order valence-corrected chi connectivity index (χ2v) is 15.7. The van der Waals surface area contributed by atoms with Crippen molar-refractivity contribution in [3.8, 4) is 57.5 Å². The number of methoxy groups -OCH3 is 2. The summed E-state index contributed by atoms with van der Waals surface area (Å²) >= 11 is 2.50. The van der Waals surface area contributed by atoms with Crippen molar-refractivity contribution >= 4 is 46.7 Å². The van der Waals surface area contributed by atoms with Gasteiger partial charge >= 0.3 is 0 Å². The van der Waals surface area contributed by atoms with Crippen molar-refractivity contribution < 1.29 is 38.0 Å². The van der Waals surface area contributed by atoms with Crippen molar-refractivity contribution in [2.24, 2.45) is 0 Å². The van der Waals surface area contributed by atoms with Crippen LogP contribution < -0.4 is 39.1 Å². The predicted octanol–water partition coefficient (Wildman–Crippen LogP) is 6.83. The Morgan fingerprint density at radius 2 is 1.48 bits per heavy atom. The summed E-state index contributed by atoms with van der Waals surface area (Å²) in [5.41, 5.74) is 3.60. The van der Waals surface area contributed by atoms with E-state index in [2.05, 4.69) is 49.9 Å². The first-order valence-corrected chi connectivity index (χ1v) is 21.3. The molecule has 20 heteroatoms. The van der Waals surface area contributed by atoms with Crippen molar-refractivity contribution in [1.29, 1.82) is 0 Å². The summed E-state index contributed by atoms with van der Waals surface area (Å²) < 4.78 is 38.8. The number of fused-ring (bicyclic) bond motifs is 2. The standard InChI is InChI=1S/C41H42N10O8S2/c1-7-50-37(46-48-40(50)60-19-31(52)43-24-11-9-23(10-12-24)22(3)4)33-36-28(15-16-42-33)58-39(59-36)27-18-30-35(57-21-56-30)34(45-27)38-47-49-41(51(38)8-2)61-20-32(53)44-26-14-13-25(54-5)17-29(26)55-6/h9-18,22,39H,7-8,19-21H2,1-6H3,(H,43,52)(H,44,53). The van der Waals surface area contributed by atoms with Gasteiger partial charge in [0.2, 0.25) is 18.6 Å². The lowest BCUT2D eigenvalue weighted by Gasteiger charge is -2.14. The van der Waals surface area contributed by atoms with E-state index < -0.39 is 6.29 Å². The molecular weight excluding hydrogens is 825 g/mol. The van der Waals surface area contributed by atoms with Gasteiger partial charge in [0.05, 0.1) is 31.4 Å². The summed E-state index contributed by atoms with van der Waals surface area (Å²) in [5.74, 6) is 3.70. The second kappa shape index (κ2) is 18.0. The Balaban J connectivity index is 0.981. The van der Waals surface area contributed by atoms with Crippen LogP contribution >= 0.6 is 23.5 Å². The molecule has 4 aromatic heterocycles. The van der Waals surface area contributed by atoms with Gasteiger partial charge in [-0.2, -0.15) is 0 Å². The molecule has 0 spiro atoms. The van der Waals surface area contributed by atoms with E-state index in [1.807, 2.05) is 47.2 Å². The number of nitrogens with one attached hydrogen (secondary N) is 2. The number of ether oxygens (including phenoxy) is 6. The van der Waals surface area contributed by atoms with Crippen LogP contribution in [0.3, 0.4) is 0 Å². The number of nitrogens with zero attached hydrogens (tertiary/aromatic N) is 8. The number of carbonyl (C=O) groups excluding carboxylic acids is 2. The van der Waals surface area contributed by atoms with Crippen LogP contribution in [0.4, 0.5) is 11.4 Å². The highest BCUT2D eigenvalue weighted by molar-refractivity contribution is 8.00. The van der Waals surface area contributed by atoms with E-state index in [9.17, 15) is 9.59 Å². The maximum absolute atomic E-state index is 13.0. The molecule has 2 aliphatic heterocycles. The van der Waals surface area contributed by atoms with E-state index in [4.69, 9.17) is 33.4 Å². The number of benzene rings is 2. The Morgan fingerprint density at radius 3 is 2.13 bits per heavy atom. The fourth-order valence-corrected chi connectivity index (χ4v) is 8.18. The molecule has 1 unspecified atom stereocenters. The Kier molecular flexibility index (Phi) is 12.1. The van der Waals surface area contributed by atoms with E-state index in [-0.39, 0.29) is 30.1 Å². The SMILES string of the molecule is CCn1c(SCC(=O)Nc2ccc(OC)cc2OC)nnc1-c1nc(C2Oc3ccnc(-c4nnc(SCC(=O)Nc5ccc(C(C)C)cc5)n4CC)c3O2)cc2c1OCO2. The van der Waals surface area contributed by atoms with E-state index >= 15 is 0 Å². The monoisotopic (exact) mass is 866 g/mol. The maximum atomic E-state index is 13.0. The van der Waals surface area contributed by atoms with Gasteiger partial charge in [-0.25, -0.2) is 9.97 Å². The van der Waals surface area contributed by atoms with Gasteiger partial charge < -0.3 is 48.2 Å². The minimum atomic E-state index is -0.998. The predicted molar refractivity (Wildman–Crippen MR) is 227 cm³/mol. The molecule has 2 amide bonds. The molecule has 61 heavy (non-hydrogen) atoms. The number of rotatable bonds is 16. The third-order valence-electron chi connectivity index (χ3n) is 9.64. The molecule has 1 atom stereocenters. The molecule has 0 aliphatic carbocycles. The first-order chi connectivity index (χ1) is 29.7. The van der Waals surface area contributed by atoms with Crippen LogP contribution in [0.1, 0.15) is 51.2 Å². The topological polar surface area (TPSA) is 201 Å². The lowest BCUT2D eigenvalue weighted by molar-refractivity contribution is -0.114. The third-order valence-corrected chi connectivity index (χ3v) is 11.6. The van der Waals surface area contributed by atoms with Crippen LogP contribution in [0.25, 0.3) is 23.0 Å². The molecule has 6 aromatic rings. The number of anilines is 2. The molecule has 2 N–H and O–H groups in total. The summed E-state index contributed by atoms with van der Waals surface area (Å²) in [6, 6.07) is 16.4. The van der Waals surface area contributed by atoms with Crippen molar-refractivity contribution in [2.75, 3.05) is 43.2 Å². The number of aromatic nitrogens is 8. The lowest BCUT2D eigenvalue weighted by Crippen LogP contribution is -2.15. The molecule has 0 saturated heterocycles. The van der Waals surface area contributed by atoms with Crippen molar-refractivity contribution in [3.05, 3.63) is 72.1 Å². The Morgan fingerprint density at radius 1 is 0.787 bits per heavy atom. The molecule has 2 aromatic carbocycles. The molecule has 6 heterocycles. The number of carbonyl (C=O) groups is 2. The summed E-state index contributed by atoms with van der Waals surface area (Å²) in [6.07, 6.45) is 0.607. The van der Waals surface area contributed by atoms with E-state index in [0.717, 1.165) is 5.69 Å². The highest BCUT2D eigenvalue weighted by Crippen LogP contribution is 2.48. The molecule has 0 fully saturated rings. The number of pyridine rings is 2. The molecule has 18 nitrogen and oxygen atoms in total. The van der Waals surface area contributed by atoms with Gasteiger partial charge in [0, 0.05) is 43.2 Å². The van der Waals surface area contributed by atoms with Gasteiger partial charge in [0.25, 0.3) is 6.29 Å². The fraction of sp³-hybridized carbons (Fsp3) is 0.317. The maximum Gasteiger partial charge on any atom is 0.285 e. The van der Waals surface area contributed by atoms with Gasteiger partial charge in [-0.3, -0.25) is 9.59 Å². The quantitative estimate of drug-likeness (QED) is 0.0958. The molecular formula is C41H42N10O8S2. The van der Waals surface area contributed by atoms with Gasteiger partial charge in [-0.1, -0.05) is 49.5 Å². The van der Waals surface area contributed by atoms with Crippen molar-refractivity contribution in [3.63, 3.8) is 0 Å². The zero-order chi connectivity index (χ0) is 42.6. The average molecular weight is 867 g/mol. The number of thioether (sulfide) groups is 2. The van der Waals surface area contributed by atoms with Crippen molar-refractivity contribution in [1.82, 2.24) is 39.5 Å². The Labute approximate surface area is 359 Å². The summed E-state index contributed by atoms with van der Waals surface area (Å²) in [4.78, 5) is 35.4. The zero-order valence-corrected chi connectivity index (χ0v) is 35.8. The second-order valence-electron chi connectivity index (χ2n) is 13.8. The average Bonchev–Trinajstić information content (AvgIpc) is 4.10. The fourth-order valence-electron chi connectivity index (χ4n) is 6.57. The van der Waals surface area contributed by atoms with Crippen LogP contribution in [-0.4, -0.2) is 83.8 Å². The minimum Gasteiger partial charge on any atom is -0.497 e. The van der Waals surface area contributed by atoms with Gasteiger partial charge in [0.1, 0.15) is 17.2 Å². The first kappa shape index (κ1) is 41.2. The molecule has 316 valence electrons. The van der Waals surface area contributed by atoms with Crippen LogP contribution in [0.2, 0.25) is 0 Å². The Hall–Kier alpha value is -6.54. The molecule has 8 rings (SSSR count). The highest BCUT2D eigenvalue weighted by atomic mass is 32.2. The van der Waals surface area contributed by atoms with Crippen LogP contribution in [0.5, 0.6) is 34.5 Å². The van der Waals surface area contributed by atoms with E-state index in [0.29, 0.717) is 98.2 Å². The lowest BCUT2D eigenvalue weighted by atomic mass is 10.0. The zero-order valence-electron chi connectivity index (χ0n) is 34.1. The number of hydrogen-bond donors (Lipinski definition) is 2. The Bertz CT molecular complexity index is 2580. The van der Waals surface area contributed by atoms with E-state index in [1.165, 1.54) is 36.2 Å². The van der Waals surface area contributed by atoms with Crippen LogP contribution in [-0.2, 0) is 22.7 Å². The van der Waals surface area contributed by atoms with Crippen LogP contribution in [0.15, 0.2) is 71.1 Å². The van der Waals surface area contributed by atoms with Gasteiger partial charge in [-0.15, -0.1) is 20.4 Å². The largest absolute Gasteiger partial charge is 0.497 e. The number of amides is 2. The smallest absolute Gasteiger partial charge is 0.285 e. The molecule has 0 saturated carbocycles. The normalized spacial score (nSPS) is 13.7. The molecule has 2 aliphatic rings. The third kappa shape index (κ3) is 8.58. The molecule has 0 radical (unpaired) electrons. The van der Waals surface area contributed by atoms with Crippen molar-refractivity contribution in [2.45, 2.75) is 63.3 Å². The summed E-state index contributed by atoms with van der Waals surface area (Å²) in [7, 11) is 3.08. The minimum absolute atomic E-state index is 0.0227. The van der Waals surface area contributed by atoms with Crippen LogP contribution in [0, 0.1) is 0 Å². The van der Waals surface area contributed by atoms with Gasteiger partial charge in [-0.05, 0) is 49.6 Å². The molecule has 0 bridgehead atoms. The van der Waals surface area contributed by atoms with Gasteiger partial charge in [0.15, 0.2) is 56.3 Å².